The minimum absolute atomic E-state index is 0.158. The van der Waals surface area contributed by atoms with Crippen LogP contribution >= 0.6 is 0 Å². The summed E-state index contributed by atoms with van der Waals surface area (Å²) in [6.07, 6.45) is 3.49. The quantitative estimate of drug-likeness (QED) is 0.753. The largest absolute Gasteiger partial charge is 0.313 e. The maximum absolute atomic E-state index is 12.9. The molecule has 0 spiro atoms. The summed E-state index contributed by atoms with van der Waals surface area (Å²) in [7, 11) is 0. The molecule has 0 aromatic heterocycles. The lowest BCUT2D eigenvalue weighted by Gasteiger charge is -2.25. The molecule has 0 aliphatic heterocycles. The summed E-state index contributed by atoms with van der Waals surface area (Å²) in [4.78, 5) is 0. The van der Waals surface area contributed by atoms with Gasteiger partial charge in [-0.15, -0.1) is 0 Å². The highest BCUT2D eigenvalue weighted by molar-refractivity contribution is 5.21. The standard InChI is InChI=1S/C15H24FN/c1-4-6-15(17-11-5-2)12(3)13-7-9-14(16)10-8-13/h7-10,12,15,17H,4-6,11H2,1-3H3. The highest BCUT2D eigenvalue weighted by atomic mass is 19.1. The molecule has 1 rings (SSSR count). The first-order chi connectivity index (χ1) is 8.19. The number of nitrogens with one attached hydrogen (secondary N) is 1. The summed E-state index contributed by atoms with van der Waals surface area (Å²) in [6, 6.07) is 7.39. The van der Waals surface area contributed by atoms with Crippen molar-refractivity contribution in [3.8, 4) is 0 Å². The molecule has 0 saturated carbocycles. The van der Waals surface area contributed by atoms with E-state index in [1.165, 1.54) is 18.4 Å². The molecule has 1 nitrogen and oxygen atoms in total. The Morgan fingerprint density at radius 3 is 2.29 bits per heavy atom. The van der Waals surface area contributed by atoms with Crippen molar-refractivity contribution in [1.29, 1.82) is 0 Å². The SMILES string of the molecule is CCCNC(CCC)C(C)c1ccc(F)cc1. The minimum atomic E-state index is -0.158. The minimum Gasteiger partial charge on any atom is -0.313 e. The summed E-state index contributed by atoms with van der Waals surface area (Å²) in [5.74, 6) is 0.275. The monoisotopic (exact) mass is 237 g/mol. The van der Waals surface area contributed by atoms with Crippen LogP contribution in [0.2, 0.25) is 0 Å². The molecule has 96 valence electrons. The van der Waals surface area contributed by atoms with Gasteiger partial charge in [-0.25, -0.2) is 4.39 Å². The van der Waals surface area contributed by atoms with Gasteiger partial charge in [0.1, 0.15) is 5.82 Å². The zero-order valence-electron chi connectivity index (χ0n) is 11.2. The van der Waals surface area contributed by atoms with Gasteiger partial charge < -0.3 is 5.32 Å². The van der Waals surface area contributed by atoms with Crippen LogP contribution in [-0.2, 0) is 0 Å². The third-order valence-electron chi connectivity index (χ3n) is 3.26. The highest BCUT2D eigenvalue weighted by Gasteiger charge is 2.17. The molecular weight excluding hydrogens is 213 g/mol. The van der Waals surface area contributed by atoms with E-state index < -0.39 is 0 Å². The van der Waals surface area contributed by atoms with E-state index in [0.29, 0.717) is 12.0 Å². The Kier molecular flexibility index (Phi) is 6.20. The first-order valence-corrected chi connectivity index (χ1v) is 6.67. The lowest BCUT2D eigenvalue weighted by molar-refractivity contribution is 0.420. The van der Waals surface area contributed by atoms with Crippen LogP contribution in [0.15, 0.2) is 24.3 Å². The van der Waals surface area contributed by atoms with Crippen LogP contribution < -0.4 is 5.32 Å². The lowest BCUT2D eigenvalue weighted by atomic mass is 9.90. The normalized spacial score (nSPS) is 14.6. The first kappa shape index (κ1) is 14.2. The molecule has 1 aromatic carbocycles. The summed E-state index contributed by atoms with van der Waals surface area (Å²) in [5, 5.41) is 3.59. The molecular formula is C15H24FN. The molecule has 0 radical (unpaired) electrons. The van der Waals surface area contributed by atoms with E-state index in [1.54, 1.807) is 12.1 Å². The van der Waals surface area contributed by atoms with Crippen LogP contribution in [0.25, 0.3) is 0 Å². The Morgan fingerprint density at radius 2 is 1.76 bits per heavy atom. The molecule has 0 saturated heterocycles. The molecule has 0 heterocycles. The molecule has 0 fully saturated rings. The smallest absolute Gasteiger partial charge is 0.123 e. The molecule has 0 bridgehead atoms. The van der Waals surface area contributed by atoms with Crippen LogP contribution in [0.3, 0.4) is 0 Å². The Morgan fingerprint density at radius 1 is 1.12 bits per heavy atom. The fourth-order valence-electron chi connectivity index (χ4n) is 2.17. The fourth-order valence-corrected chi connectivity index (χ4v) is 2.17. The summed E-state index contributed by atoms with van der Waals surface area (Å²) < 4.78 is 12.9. The third-order valence-corrected chi connectivity index (χ3v) is 3.26. The molecule has 2 heteroatoms. The highest BCUT2D eigenvalue weighted by Crippen LogP contribution is 2.22. The van der Waals surface area contributed by atoms with Crippen LogP contribution in [0.1, 0.15) is 51.5 Å². The molecule has 0 aliphatic rings. The van der Waals surface area contributed by atoms with E-state index >= 15 is 0 Å². The maximum atomic E-state index is 12.9. The van der Waals surface area contributed by atoms with Crippen LogP contribution in [-0.4, -0.2) is 12.6 Å². The molecule has 1 N–H and O–H groups in total. The van der Waals surface area contributed by atoms with Crippen molar-refractivity contribution in [2.45, 2.75) is 52.0 Å². The molecule has 2 atom stereocenters. The zero-order chi connectivity index (χ0) is 12.7. The molecule has 17 heavy (non-hydrogen) atoms. The van der Waals surface area contributed by atoms with E-state index in [4.69, 9.17) is 0 Å². The van der Waals surface area contributed by atoms with E-state index in [2.05, 4.69) is 26.1 Å². The summed E-state index contributed by atoms with van der Waals surface area (Å²) in [5.41, 5.74) is 1.22. The topological polar surface area (TPSA) is 12.0 Å². The first-order valence-electron chi connectivity index (χ1n) is 6.67. The predicted octanol–water partition coefficient (Wildman–Crippen LogP) is 4.10. The van der Waals surface area contributed by atoms with Gasteiger partial charge in [-0.2, -0.15) is 0 Å². The maximum Gasteiger partial charge on any atom is 0.123 e. The number of hydrogen-bond acceptors (Lipinski definition) is 1. The Balaban J connectivity index is 2.68. The van der Waals surface area contributed by atoms with Crippen molar-refractivity contribution in [3.05, 3.63) is 35.6 Å². The van der Waals surface area contributed by atoms with Crippen molar-refractivity contribution in [2.75, 3.05) is 6.54 Å². The zero-order valence-corrected chi connectivity index (χ0v) is 11.2. The van der Waals surface area contributed by atoms with E-state index in [1.807, 2.05) is 12.1 Å². The van der Waals surface area contributed by atoms with Gasteiger partial charge in [0.05, 0.1) is 0 Å². The molecule has 0 aliphatic carbocycles. The second kappa shape index (κ2) is 7.44. The van der Waals surface area contributed by atoms with Crippen molar-refractivity contribution in [1.82, 2.24) is 5.32 Å². The van der Waals surface area contributed by atoms with E-state index in [-0.39, 0.29) is 5.82 Å². The van der Waals surface area contributed by atoms with Gasteiger partial charge in [-0.1, -0.05) is 39.3 Å². The number of benzene rings is 1. The number of hydrogen-bond donors (Lipinski definition) is 1. The van der Waals surface area contributed by atoms with Crippen LogP contribution in [0.5, 0.6) is 0 Å². The second-order valence-electron chi connectivity index (χ2n) is 4.69. The lowest BCUT2D eigenvalue weighted by Crippen LogP contribution is -2.34. The van der Waals surface area contributed by atoms with Gasteiger partial charge in [-0.05, 0) is 43.0 Å². The van der Waals surface area contributed by atoms with Gasteiger partial charge >= 0.3 is 0 Å². The van der Waals surface area contributed by atoms with Crippen LogP contribution in [0.4, 0.5) is 4.39 Å². The summed E-state index contributed by atoms with van der Waals surface area (Å²) >= 11 is 0. The van der Waals surface area contributed by atoms with E-state index in [9.17, 15) is 4.39 Å². The third kappa shape index (κ3) is 4.47. The molecule has 2 unspecified atom stereocenters. The van der Waals surface area contributed by atoms with Crippen LogP contribution in [0, 0.1) is 5.82 Å². The van der Waals surface area contributed by atoms with Gasteiger partial charge in [0.15, 0.2) is 0 Å². The van der Waals surface area contributed by atoms with Crippen molar-refractivity contribution in [2.24, 2.45) is 0 Å². The predicted molar refractivity (Wildman–Crippen MR) is 71.8 cm³/mol. The number of halogens is 1. The van der Waals surface area contributed by atoms with Gasteiger partial charge in [0.2, 0.25) is 0 Å². The van der Waals surface area contributed by atoms with Crippen molar-refractivity contribution < 1.29 is 4.39 Å². The number of rotatable bonds is 7. The second-order valence-corrected chi connectivity index (χ2v) is 4.69. The fraction of sp³-hybridized carbons (Fsp3) is 0.600. The molecule has 0 amide bonds. The Labute approximate surface area is 104 Å². The van der Waals surface area contributed by atoms with Gasteiger partial charge in [-0.3, -0.25) is 0 Å². The van der Waals surface area contributed by atoms with Gasteiger partial charge in [0, 0.05) is 6.04 Å². The molecule has 1 aromatic rings. The van der Waals surface area contributed by atoms with Crippen molar-refractivity contribution in [3.63, 3.8) is 0 Å². The average molecular weight is 237 g/mol. The Hall–Kier alpha value is -0.890. The van der Waals surface area contributed by atoms with Gasteiger partial charge in [0.25, 0.3) is 0 Å². The van der Waals surface area contributed by atoms with Crippen molar-refractivity contribution >= 4 is 0 Å². The summed E-state index contributed by atoms with van der Waals surface area (Å²) in [6.45, 7) is 7.66. The Bertz CT molecular complexity index is 307. The van der Waals surface area contributed by atoms with E-state index in [0.717, 1.165) is 13.0 Å². The average Bonchev–Trinajstić information content (AvgIpc) is 2.34.